The number of carbonyl (C=O) groups is 1. The summed E-state index contributed by atoms with van der Waals surface area (Å²) in [5.74, 6) is -0.303. The fourth-order valence-electron chi connectivity index (χ4n) is 1.57. The molecule has 22 heavy (non-hydrogen) atoms. The molecule has 0 heterocycles. The zero-order valence-electron chi connectivity index (χ0n) is 12.9. The zero-order chi connectivity index (χ0) is 16.0. The number of carbonyl (C=O) groups excluding carboxylic acids is 1. The Bertz CT molecular complexity index is 434. The molecule has 1 aromatic rings. The molecule has 4 nitrogen and oxygen atoms in total. The van der Waals surface area contributed by atoms with Crippen LogP contribution in [0.4, 0.5) is 0 Å². The van der Waals surface area contributed by atoms with Gasteiger partial charge in [0.1, 0.15) is 0 Å². The largest absolute Gasteiger partial charge is 0.472 e. The summed E-state index contributed by atoms with van der Waals surface area (Å²) >= 11 is 2.23. The van der Waals surface area contributed by atoms with Gasteiger partial charge in [-0.25, -0.2) is 4.79 Å². The summed E-state index contributed by atoms with van der Waals surface area (Å²) in [6, 6.07) is 8.96. The molecule has 0 N–H and O–H groups in total. The van der Waals surface area contributed by atoms with Gasteiger partial charge in [-0.2, -0.15) is 0 Å². The Hall–Kier alpha value is -1.08. The highest BCUT2D eigenvalue weighted by molar-refractivity contribution is 14.1. The van der Waals surface area contributed by atoms with Crippen molar-refractivity contribution in [3.05, 3.63) is 48.2 Å². The first-order chi connectivity index (χ1) is 10.8. The van der Waals surface area contributed by atoms with Crippen molar-refractivity contribution in [3.8, 4) is 0 Å². The van der Waals surface area contributed by atoms with Gasteiger partial charge in [-0.3, -0.25) is 0 Å². The van der Waals surface area contributed by atoms with Gasteiger partial charge in [0.25, 0.3) is 0 Å². The number of hydrogen-bond acceptors (Lipinski definition) is 4. The van der Waals surface area contributed by atoms with E-state index in [1.807, 2.05) is 24.3 Å². The predicted octanol–water partition coefficient (Wildman–Crippen LogP) is 4.34. The topological polar surface area (TPSA) is 44.8 Å². The number of rotatable bonds is 11. The lowest BCUT2D eigenvalue weighted by Gasteiger charge is -2.14. The molecule has 5 heteroatoms. The van der Waals surface area contributed by atoms with E-state index in [-0.39, 0.29) is 12.3 Å². The molecule has 0 bridgehead atoms. The summed E-state index contributed by atoms with van der Waals surface area (Å²) in [6.07, 6.45) is 6.00. The number of esters is 1. The molecule has 0 saturated carbocycles. The Morgan fingerprint density at radius 3 is 2.73 bits per heavy atom. The van der Waals surface area contributed by atoms with E-state index in [1.165, 1.54) is 0 Å². The molecule has 0 aliphatic carbocycles. The van der Waals surface area contributed by atoms with Crippen LogP contribution in [-0.4, -0.2) is 29.9 Å². The van der Waals surface area contributed by atoms with Crippen LogP contribution in [0.15, 0.2) is 42.7 Å². The monoisotopic (exact) mass is 418 g/mol. The molecule has 0 fully saturated rings. The smallest absolute Gasteiger partial charge is 0.338 e. The van der Waals surface area contributed by atoms with Crippen LogP contribution in [0, 0.1) is 0 Å². The minimum absolute atomic E-state index is 0.213. The number of benzene rings is 1. The van der Waals surface area contributed by atoms with Gasteiger partial charge in [0.05, 0.1) is 29.5 Å². The second kappa shape index (κ2) is 12.5. The highest BCUT2D eigenvalue weighted by atomic mass is 127. The van der Waals surface area contributed by atoms with Crippen molar-refractivity contribution in [2.45, 2.75) is 32.5 Å². The summed E-state index contributed by atoms with van der Waals surface area (Å²) < 4.78 is 17.0. The Morgan fingerprint density at radius 1 is 1.27 bits per heavy atom. The average molecular weight is 418 g/mol. The van der Waals surface area contributed by atoms with Crippen LogP contribution < -0.4 is 0 Å². The molecule has 1 aromatic carbocycles. The van der Waals surface area contributed by atoms with Crippen molar-refractivity contribution in [2.75, 3.05) is 17.6 Å². The zero-order valence-corrected chi connectivity index (χ0v) is 15.0. The SMILES string of the molecule is CCCCOC(CI)O/C=C/CCOC(=O)c1ccccc1. The first kappa shape index (κ1) is 19.0. The number of alkyl halides is 1. The molecule has 1 rings (SSSR count). The summed E-state index contributed by atoms with van der Waals surface area (Å²) in [7, 11) is 0. The van der Waals surface area contributed by atoms with Gasteiger partial charge in [0.15, 0.2) is 0 Å². The normalized spacial score (nSPS) is 12.3. The van der Waals surface area contributed by atoms with Crippen LogP contribution in [0.3, 0.4) is 0 Å². The maximum atomic E-state index is 11.7. The average Bonchev–Trinajstić information content (AvgIpc) is 2.57. The van der Waals surface area contributed by atoms with Crippen molar-refractivity contribution in [1.82, 2.24) is 0 Å². The molecule has 0 saturated heterocycles. The summed E-state index contributed by atoms with van der Waals surface area (Å²) in [4.78, 5) is 11.7. The number of ether oxygens (including phenoxy) is 3. The van der Waals surface area contributed by atoms with E-state index < -0.39 is 0 Å². The second-order valence-electron chi connectivity index (χ2n) is 4.61. The van der Waals surface area contributed by atoms with Crippen molar-refractivity contribution in [1.29, 1.82) is 0 Å². The van der Waals surface area contributed by atoms with Crippen LogP contribution in [0.2, 0.25) is 0 Å². The van der Waals surface area contributed by atoms with E-state index in [4.69, 9.17) is 14.2 Å². The Kier molecular flexibility index (Phi) is 10.7. The van der Waals surface area contributed by atoms with Gasteiger partial charge < -0.3 is 14.2 Å². The number of hydrogen-bond donors (Lipinski definition) is 0. The summed E-state index contributed by atoms with van der Waals surface area (Å²) in [6.45, 7) is 3.17. The van der Waals surface area contributed by atoms with Crippen molar-refractivity contribution in [3.63, 3.8) is 0 Å². The van der Waals surface area contributed by atoms with E-state index in [9.17, 15) is 4.79 Å². The van der Waals surface area contributed by atoms with Gasteiger partial charge in [0, 0.05) is 6.42 Å². The highest BCUT2D eigenvalue weighted by Gasteiger charge is 2.06. The van der Waals surface area contributed by atoms with Crippen LogP contribution in [0.5, 0.6) is 0 Å². The minimum Gasteiger partial charge on any atom is -0.472 e. The third-order valence-corrected chi connectivity index (χ3v) is 3.50. The molecule has 122 valence electrons. The fourth-order valence-corrected chi connectivity index (χ4v) is 2.03. The van der Waals surface area contributed by atoms with Crippen LogP contribution in [0.25, 0.3) is 0 Å². The lowest BCUT2D eigenvalue weighted by atomic mass is 10.2. The van der Waals surface area contributed by atoms with Gasteiger partial charge in [-0.15, -0.1) is 0 Å². The molecule has 0 spiro atoms. The van der Waals surface area contributed by atoms with Crippen LogP contribution >= 0.6 is 22.6 Å². The molecule has 0 radical (unpaired) electrons. The first-order valence-electron chi connectivity index (χ1n) is 7.48. The Morgan fingerprint density at radius 2 is 2.05 bits per heavy atom. The highest BCUT2D eigenvalue weighted by Crippen LogP contribution is 2.04. The first-order valence-corrected chi connectivity index (χ1v) is 9.00. The summed E-state index contributed by atoms with van der Waals surface area (Å²) in [5.41, 5.74) is 0.567. The molecule has 1 unspecified atom stereocenters. The molecular weight excluding hydrogens is 395 g/mol. The summed E-state index contributed by atoms with van der Waals surface area (Å²) in [5, 5.41) is 0. The third kappa shape index (κ3) is 8.38. The van der Waals surface area contributed by atoms with Crippen molar-refractivity contribution in [2.24, 2.45) is 0 Å². The quantitative estimate of drug-likeness (QED) is 0.134. The standard InChI is InChI=1S/C17H23IO4/c1-2-3-11-20-16(14-18)21-12-7-8-13-22-17(19)15-9-5-4-6-10-15/h4-7,9-10,12,16H,2-3,8,11,13-14H2,1H3/b12-7+. The molecule has 0 aromatic heterocycles. The Labute approximate surface area is 146 Å². The second-order valence-corrected chi connectivity index (χ2v) is 5.49. The van der Waals surface area contributed by atoms with E-state index in [2.05, 4.69) is 29.5 Å². The lowest BCUT2D eigenvalue weighted by molar-refractivity contribution is -0.0882. The van der Waals surface area contributed by atoms with E-state index in [0.29, 0.717) is 25.2 Å². The van der Waals surface area contributed by atoms with Crippen LogP contribution in [0.1, 0.15) is 36.5 Å². The number of unbranched alkanes of at least 4 members (excludes halogenated alkanes) is 1. The minimum atomic E-state index is -0.303. The maximum absolute atomic E-state index is 11.7. The predicted molar refractivity (Wildman–Crippen MR) is 95.1 cm³/mol. The maximum Gasteiger partial charge on any atom is 0.338 e. The fraction of sp³-hybridized carbons (Fsp3) is 0.471. The van der Waals surface area contributed by atoms with Gasteiger partial charge >= 0.3 is 5.97 Å². The van der Waals surface area contributed by atoms with Crippen molar-refractivity contribution >= 4 is 28.6 Å². The van der Waals surface area contributed by atoms with Gasteiger partial charge in [0.2, 0.25) is 6.29 Å². The van der Waals surface area contributed by atoms with Crippen LogP contribution in [-0.2, 0) is 14.2 Å². The van der Waals surface area contributed by atoms with E-state index in [0.717, 1.165) is 17.3 Å². The third-order valence-electron chi connectivity index (χ3n) is 2.78. The van der Waals surface area contributed by atoms with Crippen molar-refractivity contribution < 1.29 is 19.0 Å². The number of halogens is 1. The van der Waals surface area contributed by atoms with Gasteiger partial charge in [-0.05, 0) is 24.6 Å². The van der Waals surface area contributed by atoms with E-state index >= 15 is 0 Å². The van der Waals surface area contributed by atoms with E-state index in [1.54, 1.807) is 18.4 Å². The Balaban J connectivity index is 2.14. The molecule has 0 amide bonds. The van der Waals surface area contributed by atoms with Gasteiger partial charge in [-0.1, -0.05) is 54.1 Å². The molecular formula is C17H23IO4. The molecule has 0 aliphatic heterocycles. The molecule has 1 atom stereocenters. The molecule has 0 aliphatic rings. The lowest BCUT2D eigenvalue weighted by Crippen LogP contribution is -2.16.